The Morgan fingerprint density at radius 1 is 1.54 bits per heavy atom. The largest absolute Gasteiger partial charge is 0.390 e. The highest BCUT2D eigenvalue weighted by Gasteiger charge is 2.01. The van der Waals surface area contributed by atoms with Gasteiger partial charge < -0.3 is 10.1 Å². The predicted octanol–water partition coefficient (Wildman–Crippen LogP) is 1.55. The Kier molecular flexibility index (Phi) is 2.42. The molecule has 0 unspecified atom stereocenters. The van der Waals surface area contributed by atoms with Crippen molar-refractivity contribution in [1.29, 1.82) is 0 Å². The first kappa shape index (κ1) is 8.47. The fourth-order valence-corrected chi connectivity index (χ4v) is 1.86. The fourth-order valence-electron chi connectivity index (χ4n) is 1.15. The molecule has 0 fully saturated rings. The molecule has 0 saturated heterocycles. The van der Waals surface area contributed by atoms with Crippen molar-refractivity contribution < 1.29 is 5.11 Å². The molecule has 0 aliphatic carbocycles. The van der Waals surface area contributed by atoms with Crippen LogP contribution >= 0.6 is 11.3 Å². The van der Waals surface area contributed by atoms with Crippen LogP contribution in [-0.2, 0) is 13.0 Å². The van der Waals surface area contributed by atoms with Crippen LogP contribution in [-0.4, -0.2) is 15.1 Å². The lowest BCUT2D eigenvalue weighted by molar-refractivity contribution is 0.277. The van der Waals surface area contributed by atoms with Crippen LogP contribution in [0.1, 0.15) is 16.4 Å². The molecule has 0 spiro atoms. The minimum atomic E-state index is 0.0252. The van der Waals surface area contributed by atoms with Gasteiger partial charge in [-0.3, -0.25) is 0 Å². The number of H-pyrrole nitrogens is 1. The molecule has 13 heavy (non-hydrogen) atoms. The summed E-state index contributed by atoms with van der Waals surface area (Å²) in [4.78, 5) is 8.48. The number of aliphatic hydroxyl groups excluding tert-OH is 1. The summed E-state index contributed by atoms with van der Waals surface area (Å²) in [6.07, 6.45) is 2.49. The van der Waals surface area contributed by atoms with E-state index in [1.807, 2.05) is 11.4 Å². The maximum absolute atomic E-state index is 8.81. The molecule has 68 valence electrons. The Hall–Kier alpha value is -1.13. The third kappa shape index (κ3) is 1.96. The standard InChI is InChI=1S/C9H10N2OS/c12-6-7-5-10-9(11-7)4-8-2-1-3-13-8/h1-3,5,12H,4,6H2,(H,10,11). The Bertz CT molecular complexity index is 367. The third-order valence-electron chi connectivity index (χ3n) is 1.77. The van der Waals surface area contributed by atoms with E-state index in [-0.39, 0.29) is 6.61 Å². The summed E-state index contributed by atoms with van der Waals surface area (Å²) in [5.41, 5.74) is 0.770. The van der Waals surface area contributed by atoms with E-state index < -0.39 is 0 Å². The van der Waals surface area contributed by atoms with Gasteiger partial charge in [-0.05, 0) is 11.4 Å². The van der Waals surface area contributed by atoms with Crippen molar-refractivity contribution in [3.63, 3.8) is 0 Å². The zero-order valence-corrected chi connectivity index (χ0v) is 7.84. The zero-order chi connectivity index (χ0) is 9.10. The molecule has 0 aliphatic heterocycles. The molecule has 0 radical (unpaired) electrons. The SMILES string of the molecule is OCc1cnc(Cc2cccs2)[nH]1. The Morgan fingerprint density at radius 3 is 3.08 bits per heavy atom. The van der Waals surface area contributed by atoms with Gasteiger partial charge in [0.25, 0.3) is 0 Å². The highest BCUT2D eigenvalue weighted by atomic mass is 32.1. The number of aliphatic hydroxyl groups is 1. The van der Waals surface area contributed by atoms with Crippen molar-refractivity contribution in [2.45, 2.75) is 13.0 Å². The lowest BCUT2D eigenvalue weighted by atomic mass is 10.3. The molecule has 2 N–H and O–H groups in total. The number of rotatable bonds is 3. The predicted molar refractivity (Wildman–Crippen MR) is 51.6 cm³/mol. The van der Waals surface area contributed by atoms with E-state index in [0.29, 0.717) is 0 Å². The molecule has 2 aromatic rings. The average Bonchev–Trinajstić information content (AvgIpc) is 2.76. The summed E-state index contributed by atoms with van der Waals surface area (Å²) in [6, 6.07) is 4.10. The van der Waals surface area contributed by atoms with E-state index in [1.54, 1.807) is 17.5 Å². The van der Waals surface area contributed by atoms with Crippen molar-refractivity contribution in [2.24, 2.45) is 0 Å². The first-order valence-electron chi connectivity index (χ1n) is 4.04. The molecule has 0 amide bonds. The van der Waals surface area contributed by atoms with Crippen LogP contribution in [0.25, 0.3) is 0 Å². The van der Waals surface area contributed by atoms with E-state index in [0.717, 1.165) is 17.9 Å². The van der Waals surface area contributed by atoms with Crippen molar-refractivity contribution >= 4 is 11.3 Å². The van der Waals surface area contributed by atoms with Crippen LogP contribution < -0.4 is 0 Å². The lowest BCUT2D eigenvalue weighted by Crippen LogP contribution is -1.88. The molecule has 2 aromatic heterocycles. The van der Waals surface area contributed by atoms with Gasteiger partial charge in [-0.25, -0.2) is 4.98 Å². The van der Waals surface area contributed by atoms with Crippen LogP contribution in [0.15, 0.2) is 23.7 Å². The summed E-state index contributed by atoms with van der Waals surface area (Å²) < 4.78 is 0. The number of hydrogen-bond acceptors (Lipinski definition) is 3. The Morgan fingerprint density at radius 2 is 2.46 bits per heavy atom. The van der Waals surface area contributed by atoms with Crippen LogP contribution in [0.5, 0.6) is 0 Å². The van der Waals surface area contributed by atoms with Gasteiger partial charge >= 0.3 is 0 Å². The summed E-state index contributed by atoms with van der Waals surface area (Å²) in [6.45, 7) is 0.0252. The van der Waals surface area contributed by atoms with Crippen molar-refractivity contribution in [3.05, 3.63) is 40.1 Å². The summed E-state index contributed by atoms with van der Waals surface area (Å²) in [7, 11) is 0. The highest BCUT2D eigenvalue weighted by molar-refractivity contribution is 7.09. The minimum Gasteiger partial charge on any atom is -0.390 e. The molecular formula is C9H10N2OS. The van der Waals surface area contributed by atoms with Crippen molar-refractivity contribution in [1.82, 2.24) is 9.97 Å². The molecule has 2 heterocycles. The quantitative estimate of drug-likeness (QED) is 0.779. The van der Waals surface area contributed by atoms with Gasteiger partial charge in [0.15, 0.2) is 0 Å². The second-order valence-corrected chi connectivity index (χ2v) is 3.80. The number of thiophene rings is 1. The maximum atomic E-state index is 8.81. The monoisotopic (exact) mass is 194 g/mol. The maximum Gasteiger partial charge on any atom is 0.111 e. The van der Waals surface area contributed by atoms with Crippen LogP contribution in [0.2, 0.25) is 0 Å². The van der Waals surface area contributed by atoms with Gasteiger partial charge in [0, 0.05) is 11.3 Å². The highest BCUT2D eigenvalue weighted by Crippen LogP contribution is 2.12. The van der Waals surface area contributed by atoms with Gasteiger partial charge in [-0.2, -0.15) is 0 Å². The van der Waals surface area contributed by atoms with Crippen LogP contribution in [0.4, 0.5) is 0 Å². The van der Waals surface area contributed by atoms with Crippen molar-refractivity contribution in [3.8, 4) is 0 Å². The molecule has 0 aromatic carbocycles. The van der Waals surface area contributed by atoms with E-state index in [9.17, 15) is 0 Å². The normalized spacial score (nSPS) is 10.5. The van der Waals surface area contributed by atoms with E-state index >= 15 is 0 Å². The first-order valence-corrected chi connectivity index (χ1v) is 4.92. The molecule has 0 saturated carbocycles. The lowest BCUT2D eigenvalue weighted by Gasteiger charge is -1.91. The topological polar surface area (TPSA) is 48.9 Å². The second-order valence-electron chi connectivity index (χ2n) is 2.77. The van der Waals surface area contributed by atoms with E-state index in [1.165, 1.54) is 4.88 Å². The molecular weight excluding hydrogens is 184 g/mol. The average molecular weight is 194 g/mol. The van der Waals surface area contributed by atoms with Crippen molar-refractivity contribution in [2.75, 3.05) is 0 Å². The van der Waals surface area contributed by atoms with Gasteiger partial charge in [0.1, 0.15) is 5.82 Å². The van der Waals surface area contributed by atoms with Gasteiger partial charge in [-0.15, -0.1) is 11.3 Å². The van der Waals surface area contributed by atoms with Crippen LogP contribution in [0.3, 0.4) is 0 Å². The summed E-state index contributed by atoms with van der Waals surface area (Å²) in [5, 5.41) is 10.9. The number of imidazole rings is 1. The minimum absolute atomic E-state index is 0.0252. The first-order chi connectivity index (χ1) is 6.38. The number of nitrogens with one attached hydrogen (secondary N) is 1. The second kappa shape index (κ2) is 3.72. The van der Waals surface area contributed by atoms with Gasteiger partial charge in [0.05, 0.1) is 18.5 Å². The molecule has 0 aliphatic rings. The van der Waals surface area contributed by atoms with Gasteiger partial charge in [-0.1, -0.05) is 6.07 Å². The molecule has 0 atom stereocenters. The smallest absolute Gasteiger partial charge is 0.111 e. The number of aromatic nitrogens is 2. The molecule has 2 rings (SSSR count). The Balaban J connectivity index is 2.10. The van der Waals surface area contributed by atoms with Crippen LogP contribution in [0, 0.1) is 0 Å². The Labute approximate surface area is 80.1 Å². The van der Waals surface area contributed by atoms with E-state index in [2.05, 4.69) is 16.0 Å². The molecule has 3 nitrogen and oxygen atoms in total. The zero-order valence-electron chi connectivity index (χ0n) is 7.03. The molecule has 4 heteroatoms. The van der Waals surface area contributed by atoms with Gasteiger partial charge in [0.2, 0.25) is 0 Å². The fraction of sp³-hybridized carbons (Fsp3) is 0.222. The van der Waals surface area contributed by atoms with E-state index in [4.69, 9.17) is 5.11 Å². The molecule has 0 bridgehead atoms. The summed E-state index contributed by atoms with van der Waals surface area (Å²) in [5.74, 6) is 0.909. The number of aromatic amines is 1. The third-order valence-corrected chi connectivity index (χ3v) is 2.65. The number of hydrogen-bond donors (Lipinski definition) is 2. The number of nitrogens with zero attached hydrogens (tertiary/aromatic N) is 1. The summed E-state index contributed by atoms with van der Waals surface area (Å²) >= 11 is 1.71.